The molecule has 0 atom stereocenters. The van der Waals surface area contributed by atoms with E-state index in [0.29, 0.717) is 5.92 Å². The van der Waals surface area contributed by atoms with E-state index in [-0.39, 0.29) is 0 Å². The molecular weight excluding hydrogens is 108 g/mol. The summed E-state index contributed by atoms with van der Waals surface area (Å²) in [5.74, 6) is 0.648. The van der Waals surface area contributed by atoms with E-state index in [1.54, 1.807) is 0 Å². The number of hydrogen-bond donors (Lipinski definition) is 0. The minimum atomic E-state index is 0.648. The molecule has 0 saturated heterocycles. The number of hydrogen-bond acceptors (Lipinski definition) is 0. The summed E-state index contributed by atoms with van der Waals surface area (Å²) in [5.41, 5.74) is 0. The monoisotopic (exact) mass is 126 g/mol. The zero-order valence-electron chi connectivity index (χ0n) is 6.85. The molecule has 0 saturated carbocycles. The maximum absolute atomic E-state index is 3.56. The van der Waals surface area contributed by atoms with Crippen LogP contribution in [0, 0.1) is 5.92 Å². The van der Waals surface area contributed by atoms with Crippen molar-refractivity contribution in [2.75, 3.05) is 0 Å². The minimum absolute atomic E-state index is 0.648. The van der Waals surface area contributed by atoms with Gasteiger partial charge in [0.05, 0.1) is 0 Å². The second-order valence-electron chi connectivity index (χ2n) is 2.18. The van der Waals surface area contributed by atoms with Crippen molar-refractivity contribution in [1.82, 2.24) is 0 Å². The third-order valence-electron chi connectivity index (χ3n) is 0.760. The Morgan fingerprint density at radius 2 is 1.56 bits per heavy atom. The molecular formula is C9H18. The van der Waals surface area contributed by atoms with E-state index >= 15 is 0 Å². The number of rotatable bonds is 2. The van der Waals surface area contributed by atoms with Gasteiger partial charge < -0.3 is 0 Å². The Morgan fingerprint density at radius 3 is 1.56 bits per heavy atom. The van der Waals surface area contributed by atoms with Crippen LogP contribution in [0.15, 0.2) is 25.3 Å². The van der Waals surface area contributed by atoms with Gasteiger partial charge in [-0.25, -0.2) is 0 Å². The second-order valence-corrected chi connectivity index (χ2v) is 2.18. The van der Waals surface area contributed by atoms with Crippen molar-refractivity contribution in [1.29, 1.82) is 0 Å². The van der Waals surface area contributed by atoms with Crippen molar-refractivity contribution < 1.29 is 0 Å². The zero-order valence-corrected chi connectivity index (χ0v) is 6.85. The lowest BCUT2D eigenvalue weighted by molar-refractivity contribution is 0.835. The largest absolute Gasteiger partial charge is 0.103 e. The van der Waals surface area contributed by atoms with Gasteiger partial charge in [0, 0.05) is 0 Å². The normalized spacial score (nSPS) is 7.56. The van der Waals surface area contributed by atoms with E-state index in [4.69, 9.17) is 0 Å². The molecule has 0 aliphatic carbocycles. The molecule has 0 heterocycles. The second kappa shape index (κ2) is 10.5. The van der Waals surface area contributed by atoms with Crippen LogP contribution in [0.3, 0.4) is 0 Å². The first-order valence-electron chi connectivity index (χ1n) is 3.42. The molecule has 0 aromatic heterocycles. The van der Waals surface area contributed by atoms with Crippen molar-refractivity contribution >= 4 is 0 Å². The van der Waals surface area contributed by atoms with Crippen LogP contribution in [0.5, 0.6) is 0 Å². The molecule has 9 heavy (non-hydrogen) atoms. The van der Waals surface area contributed by atoms with Crippen LogP contribution in [0.1, 0.15) is 27.2 Å². The Labute approximate surface area is 59.3 Å². The standard InChI is InChI=1S/C5H10.C4H8/c1-4-5(2)3;1-3-4-2/h4-5H,1H2,2-3H3;3H,1,4H2,2H3. The van der Waals surface area contributed by atoms with Gasteiger partial charge in [-0.15, -0.1) is 13.2 Å². The van der Waals surface area contributed by atoms with E-state index in [9.17, 15) is 0 Å². The molecule has 0 fully saturated rings. The predicted molar refractivity (Wildman–Crippen MR) is 45.5 cm³/mol. The topological polar surface area (TPSA) is 0 Å². The van der Waals surface area contributed by atoms with Crippen LogP contribution in [-0.2, 0) is 0 Å². The van der Waals surface area contributed by atoms with E-state index < -0.39 is 0 Å². The highest BCUT2D eigenvalue weighted by atomic mass is 13.8. The average Bonchev–Trinajstić information content (AvgIpc) is 1.89. The van der Waals surface area contributed by atoms with Crippen LogP contribution in [0.4, 0.5) is 0 Å². The molecule has 54 valence electrons. The van der Waals surface area contributed by atoms with E-state index in [0.717, 1.165) is 6.42 Å². The van der Waals surface area contributed by atoms with Gasteiger partial charge >= 0.3 is 0 Å². The van der Waals surface area contributed by atoms with Gasteiger partial charge in [-0.1, -0.05) is 32.9 Å². The number of allylic oxidation sites excluding steroid dienone is 2. The summed E-state index contributed by atoms with van der Waals surface area (Å²) in [4.78, 5) is 0. The lowest BCUT2D eigenvalue weighted by atomic mass is 10.2. The Hall–Kier alpha value is -0.520. The van der Waals surface area contributed by atoms with E-state index in [1.807, 2.05) is 12.2 Å². The van der Waals surface area contributed by atoms with Gasteiger partial charge in [-0.2, -0.15) is 0 Å². The summed E-state index contributed by atoms with van der Waals surface area (Å²) in [6, 6.07) is 0. The Balaban J connectivity index is 0. The summed E-state index contributed by atoms with van der Waals surface area (Å²) in [5, 5.41) is 0. The van der Waals surface area contributed by atoms with Crippen molar-refractivity contribution in [3.8, 4) is 0 Å². The zero-order chi connectivity index (χ0) is 7.70. The van der Waals surface area contributed by atoms with Gasteiger partial charge in [-0.05, 0) is 12.3 Å². The first-order valence-corrected chi connectivity index (χ1v) is 3.42. The molecule has 0 aromatic carbocycles. The summed E-state index contributed by atoms with van der Waals surface area (Å²) in [6.07, 6.45) is 4.88. The fourth-order valence-electron chi connectivity index (χ4n) is 0. The Bertz CT molecular complexity index is 60.4. The summed E-state index contributed by atoms with van der Waals surface area (Å²) in [6.45, 7) is 13.3. The minimum Gasteiger partial charge on any atom is -0.103 e. The van der Waals surface area contributed by atoms with Crippen molar-refractivity contribution in [2.24, 2.45) is 5.92 Å². The smallest absolute Gasteiger partial charge is 0.0293 e. The third-order valence-corrected chi connectivity index (χ3v) is 0.760. The summed E-state index contributed by atoms with van der Waals surface area (Å²) >= 11 is 0. The fourth-order valence-corrected chi connectivity index (χ4v) is 0. The molecule has 0 aromatic rings. The maximum atomic E-state index is 3.56. The lowest BCUT2D eigenvalue weighted by Gasteiger charge is -1.84. The van der Waals surface area contributed by atoms with Gasteiger partial charge in [-0.3, -0.25) is 0 Å². The highest BCUT2D eigenvalue weighted by Gasteiger charge is 1.73. The van der Waals surface area contributed by atoms with Crippen LogP contribution in [-0.4, -0.2) is 0 Å². The SMILES string of the molecule is C=CC(C)C.C=CCC. The average molecular weight is 126 g/mol. The molecule has 0 N–H and O–H groups in total. The molecule has 0 spiro atoms. The molecule has 0 unspecified atom stereocenters. The summed E-state index contributed by atoms with van der Waals surface area (Å²) < 4.78 is 0. The lowest BCUT2D eigenvalue weighted by Crippen LogP contribution is -1.71. The molecule has 0 aliphatic heterocycles. The van der Waals surface area contributed by atoms with Gasteiger partial charge in [0.1, 0.15) is 0 Å². The van der Waals surface area contributed by atoms with Crippen LogP contribution in [0.2, 0.25) is 0 Å². The van der Waals surface area contributed by atoms with E-state index in [2.05, 4.69) is 33.9 Å². The van der Waals surface area contributed by atoms with Crippen LogP contribution < -0.4 is 0 Å². The van der Waals surface area contributed by atoms with E-state index in [1.165, 1.54) is 0 Å². The Kier molecular flexibility index (Phi) is 13.1. The first-order chi connectivity index (χ1) is 4.18. The Morgan fingerprint density at radius 1 is 1.33 bits per heavy atom. The first kappa shape index (κ1) is 11.3. The highest BCUT2D eigenvalue weighted by Crippen LogP contribution is 1.87. The van der Waals surface area contributed by atoms with Crippen molar-refractivity contribution in [3.63, 3.8) is 0 Å². The van der Waals surface area contributed by atoms with Crippen LogP contribution in [0.25, 0.3) is 0 Å². The molecule has 0 bridgehead atoms. The molecule has 0 radical (unpaired) electrons. The molecule has 0 amide bonds. The predicted octanol–water partition coefficient (Wildman–Crippen LogP) is 3.41. The molecule has 0 aliphatic rings. The van der Waals surface area contributed by atoms with Gasteiger partial charge in [0.15, 0.2) is 0 Å². The maximum Gasteiger partial charge on any atom is -0.0293 e. The molecule has 0 rings (SSSR count). The quantitative estimate of drug-likeness (QED) is 0.497. The van der Waals surface area contributed by atoms with Crippen molar-refractivity contribution in [3.05, 3.63) is 25.3 Å². The molecule has 0 heteroatoms. The third kappa shape index (κ3) is 36.5. The van der Waals surface area contributed by atoms with Crippen LogP contribution >= 0.6 is 0 Å². The fraction of sp³-hybridized carbons (Fsp3) is 0.556. The highest BCUT2D eigenvalue weighted by molar-refractivity contribution is 4.69. The summed E-state index contributed by atoms with van der Waals surface area (Å²) in [7, 11) is 0. The van der Waals surface area contributed by atoms with Gasteiger partial charge in [0.2, 0.25) is 0 Å². The van der Waals surface area contributed by atoms with Gasteiger partial charge in [0.25, 0.3) is 0 Å². The van der Waals surface area contributed by atoms with Crippen molar-refractivity contribution in [2.45, 2.75) is 27.2 Å². The molecule has 0 nitrogen and oxygen atoms in total.